The average molecular weight is 309 g/mol. The van der Waals surface area contributed by atoms with Gasteiger partial charge in [0.25, 0.3) is 5.91 Å². The lowest BCUT2D eigenvalue weighted by molar-refractivity contribution is 0.0952. The van der Waals surface area contributed by atoms with Gasteiger partial charge in [-0.15, -0.1) is 0 Å². The van der Waals surface area contributed by atoms with Crippen molar-refractivity contribution in [3.05, 3.63) is 70.1 Å². The molecule has 0 aliphatic carbocycles. The van der Waals surface area contributed by atoms with Crippen molar-refractivity contribution in [2.75, 3.05) is 6.54 Å². The smallest absolute Gasteiger partial charge is 0.326 e. The second-order valence-corrected chi connectivity index (χ2v) is 5.52. The minimum Gasteiger partial charge on any atom is -0.352 e. The summed E-state index contributed by atoms with van der Waals surface area (Å²) in [7, 11) is 0. The third kappa shape index (κ3) is 3.18. The van der Waals surface area contributed by atoms with E-state index in [0.717, 1.165) is 16.6 Å². The van der Waals surface area contributed by atoms with Gasteiger partial charge in [0.2, 0.25) is 0 Å². The van der Waals surface area contributed by atoms with E-state index in [-0.39, 0.29) is 11.6 Å². The highest BCUT2D eigenvalue weighted by Crippen LogP contribution is 2.09. The fourth-order valence-electron chi connectivity index (χ4n) is 2.69. The zero-order valence-corrected chi connectivity index (χ0v) is 13.0. The lowest BCUT2D eigenvalue weighted by atomic mass is 10.1. The lowest BCUT2D eigenvalue weighted by Gasteiger charge is -2.08. The zero-order chi connectivity index (χ0) is 16.2. The molecular formula is C18H19N3O2. The van der Waals surface area contributed by atoms with Crippen LogP contribution < -0.4 is 11.0 Å². The number of aromatic amines is 1. The van der Waals surface area contributed by atoms with E-state index in [4.69, 9.17) is 0 Å². The summed E-state index contributed by atoms with van der Waals surface area (Å²) in [5.41, 5.74) is 3.26. The summed E-state index contributed by atoms with van der Waals surface area (Å²) in [6.45, 7) is 3.01. The van der Waals surface area contributed by atoms with Gasteiger partial charge in [-0.3, -0.25) is 9.36 Å². The quantitative estimate of drug-likeness (QED) is 0.711. The molecule has 118 valence electrons. The number of fused-ring (bicyclic) bond motifs is 1. The number of aromatic nitrogens is 2. The van der Waals surface area contributed by atoms with E-state index in [1.165, 1.54) is 0 Å². The molecule has 0 spiro atoms. The van der Waals surface area contributed by atoms with Gasteiger partial charge in [0.15, 0.2) is 0 Å². The Morgan fingerprint density at radius 3 is 2.70 bits per heavy atom. The summed E-state index contributed by atoms with van der Waals surface area (Å²) in [6, 6.07) is 15.1. The number of rotatable bonds is 5. The molecule has 0 aliphatic rings. The number of nitrogens with one attached hydrogen (secondary N) is 2. The monoisotopic (exact) mass is 309 g/mol. The third-order valence-electron chi connectivity index (χ3n) is 3.92. The Morgan fingerprint density at radius 1 is 1.13 bits per heavy atom. The lowest BCUT2D eigenvalue weighted by Crippen LogP contribution is -2.27. The van der Waals surface area contributed by atoms with E-state index in [1.807, 2.05) is 55.5 Å². The largest absolute Gasteiger partial charge is 0.352 e. The van der Waals surface area contributed by atoms with Crippen LogP contribution in [-0.4, -0.2) is 22.0 Å². The number of aryl methyl sites for hydroxylation is 2. The Hall–Kier alpha value is -2.82. The van der Waals surface area contributed by atoms with Crippen LogP contribution in [0.1, 0.15) is 22.3 Å². The van der Waals surface area contributed by atoms with E-state index in [2.05, 4.69) is 10.3 Å². The van der Waals surface area contributed by atoms with Gasteiger partial charge in [-0.1, -0.05) is 30.3 Å². The fourth-order valence-corrected chi connectivity index (χ4v) is 2.69. The molecule has 1 amide bonds. The van der Waals surface area contributed by atoms with Crippen molar-refractivity contribution in [1.29, 1.82) is 0 Å². The molecule has 2 N–H and O–H groups in total. The third-order valence-corrected chi connectivity index (χ3v) is 3.92. The normalized spacial score (nSPS) is 10.8. The molecule has 5 heteroatoms. The summed E-state index contributed by atoms with van der Waals surface area (Å²) < 4.78 is 1.70. The van der Waals surface area contributed by atoms with Crippen LogP contribution >= 0.6 is 0 Å². The molecule has 0 fully saturated rings. The predicted molar refractivity (Wildman–Crippen MR) is 90.7 cm³/mol. The van der Waals surface area contributed by atoms with Crippen molar-refractivity contribution in [2.24, 2.45) is 0 Å². The number of hydrogen-bond acceptors (Lipinski definition) is 2. The van der Waals surface area contributed by atoms with Crippen LogP contribution in [0.2, 0.25) is 0 Å². The fraction of sp³-hybridized carbons (Fsp3) is 0.222. The molecule has 5 nitrogen and oxygen atoms in total. The van der Waals surface area contributed by atoms with Gasteiger partial charge in [-0.05, 0) is 37.1 Å². The standard InChI is InChI=1S/C18H19N3O2/c1-13-7-2-3-8-14(13)17(22)19-11-6-12-21-16-10-5-4-9-15(16)20-18(21)23/h2-5,7-10H,6,11-12H2,1H3,(H,19,22)(H,20,23). The number of hydrogen-bond donors (Lipinski definition) is 2. The van der Waals surface area contributed by atoms with Crippen molar-refractivity contribution in [2.45, 2.75) is 19.9 Å². The first kappa shape index (κ1) is 15.1. The van der Waals surface area contributed by atoms with Crippen molar-refractivity contribution < 1.29 is 4.79 Å². The number of para-hydroxylation sites is 2. The maximum absolute atomic E-state index is 12.1. The van der Waals surface area contributed by atoms with Gasteiger partial charge in [0, 0.05) is 18.7 Å². The van der Waals surface area contributed by atoms with E-state index in [1.54, 1.807) is 4.57 Å². The van der Waals surface area contributed by atoms with Crippen LogP contribution in [0, 0.1) is 6.92 Å². The van der Waals surface area contributed by atoms with Crippen molar-refractivity contribution >= 4 is 16.9 Å². The molecule has 0 atom stereocenters. The minimum atomic E-state index is -0.114. The van der Waals surface area contributed by atoms with Gasteiger partial charge < -0.3 is 10.3 Å². The van der Waals surface area contributed by atoms with Crippen molar-refractivity contribution in [3.8, 4) is 0 Å². The number of nitrogens with zero attached hydrogens (tertiary/aromatic N) is 1. The van der Waals surface area contributed by atoms with Gasteiger partial charge in [0.05, 0.1) is 11.0 Å². The molecule has 1 aromatic heterocycles. The molecule has 0 saturated heterocycles. The number of carbonyl (C=O) groups excluding carboxylic acids is 1. The number of H-pyrrole nitrogens is 1. The van der Waals surface area contributed by atoms with Gasteiger partial charge in [-0.25, -0.2) is 4.79 Å². The van der Waals surface area contributed by atoms with E-state index < -0.39 is 0 Å². The van der Waals surface area contributed by atoms with Crippen molar-refractivity contribution in [1.82, 2.24) is 14.9 Å². The average Bonchev–Trinajstić information content (AvgIpc) is 2.87. The summed E-state index contributed by atoms with van der Waals surface area (Å²) >= 11 is 0. The van der Waals surface area contributed by atoms with Crippen LogP contribution in [0.3, 0.4) is 0 Å². The van der Waals surface area contributed by atoms with Gasteiger partial charge in [-0.2, -0.15) is 0 Å². The molecular weight excluding hydrogens is 290 g/mol. The van der Waals surface area contributed by atoms with Gasteiger partial charge >= 0.3 is 5.69 Å². The summed E-state index contributed by atoms with van der Waals surface area (Å²) in [5.74, 6) is -0.0747. The second-order valence-electron chi connectivity index (χ2n) is 5.52. The zero-order valence-electron chi connectivity index (χ0n) is 13.0. The summed E-state index contributed by atoms with van der Waals surface area (Å²) in [4.78, 5) is 26.9. The van der Waals surface area contributed by atoms with E-state index in [9.17, 15) is 9.59 Å². The number of imidazole rings is 1. The van der Waals surface area contributed by atoms with Gasteiger partial charge in [0.1, 0.15) is 0 Å². The first-order chi connectivity index (χ1) is 11.2. The molecule has 3 aromatic rings. The Balaban J connectivity index is 1.59. The molecule has 0 bridgehead atoms. The molecule has 23 heavy (non-hydrogen) atoms. The first-order valence-corrected chi connectivity index (χ1v) is 7.68. The highest BCUT2D eigenvalue weighted by atomic mass is 16.2. The predicted octanol–water partition coefficient (Wildman–Crippen LogP) is 2.46. The Morgan fingerprint density at radius 2 is 1.87 bits per heavy atom. The molecule has 0 radical (unpaired) electrons. The number of benzene rings is 2. The first-order valence-electron chi connectivity index (χ1n) is 7.68. The van der Waals surface area contributed by atoms with E-state index in [0.29, 0.717) is 25.1 Å². The van der Waals surface area contributed by atoms with Crippen LogP contribution in [0.25, 0.3) is 11.0 Å². The molecule has 0 saturated carbocycles. The molecule has 3 rings (SSSR count). The van der Waals surface area contributed by atoms with Crippen molar-refractivity contribution in [3.63, 3.8) is 0 Å². The maximum atomic E-state index is 12.1. The Kier molecular flexibility index (Phi) is 4.28. The summed E-state index contributed by atoms with van der Waals surface area (Å²) in [6.07, 6.45) is 0.694. The second kappa shape index (κ2) is 6.52. The Bertz CT molecular complexity index is 892. The minimum absolute atomic E-state index is 0.0747. The summed E-state index contributed by atoms with van der Waals surface area (Å²) in [5, 5.41) is 2.91. The highest BCUT2D eigenvalue weighted by molar-refractivity contribution is 5.95. The molecule has 2 aromatic carbocycles. The molecule has 1 heterocycles. The van der Waals surface area contributed by atoms with Crippen LogP contribution in [0.4, 0.5) is 0 Å². The molecule has 0 aliphatic heterocycles. The van der Waals surface area contributed by atoms with Crippen LogP contribution in [0.15, 0.2) is 53.3 Å². The number of carbonyl (C=O) groups is 1. The molecule has 0 unspecified atom stereocenters. The maximum Gasteiger partial charge on any atom is 0.326 e. The van der Waals surface area contributed by atoms with Crippen LogP contribution in [-0.2, 0) is 6.54 Å². The number of amides is 1. The highest BCUT2D eigenvalue weighted by Gasteiger charge is 2.08. The van der Waals surface area contributed by atoms with E-state index >= 15 is 0 Å². The SMILES string of the molecule is Cc1ccccc1C(=O)NCCCn1c(=O)[nH]c2ccccc21. The topological polar surface area (TPSA) is 66.9 Å². The Labute approximate surface area is 134 Å². The van der Waals surface area contributed by atoms with Crippen LogP contribution in [0.5, 0.6) is 0 Å².